The molecular weight excluding hydrogens is 304 g/mol. The lowest BCUT2D eigenvalue weighted by Crippen LogP contribution is -2.07. The van der Waals surface area contributed by atoms with Crippen LogP contribution in [0.1, 0.15) is 30.8 Å². The smallest absolute Gasteiger partial charge is 0.131 e. The predicted octanol–water partition coefficient (Wildman–Crippen LogP) is 4.12. The zero-order valence-corrected chi connectivity index (χ0v) is 13.2. The Morgan fingerprint density at radius 3 is 2.63 bits per heavy atom. The molecule has 0 bridgehead atoms. The molecule has 0 atom stereocenters. The highest BCUT2D eigenvalue weighted by Crippen LogP contribution is 2.25. The quantitative estimate of drug-likeness (QED) is 0.828. The molecule has 0 unspecified atom stereocenters. The molecule has 0 amide bonds. The van der Waals surface area contributed by atoms with Gasteiger partial charge in [0.1, 0.15) is 12.4 Å². The molecule has 1 aromatic carbocycles. The van der Waals surface area contributed by atoms with Gasteiger partial charge in [0, 0.05) is 6.54 Å². The van der Waals surface area contributed by atoms with Gasteiger partial charge in [-0.2, -0.15) is 5.10 Å². The SMILES string of the molecule is CCc1nn(CC)c(COc2ccccc2C)c1Br. The summed E-state index contributed by atoms with van der Waals surface area (Å²) < 4.78 is 8.99. The van der Waals surface area contributed by atoms with E-state index in [4.69, 9.17) is 4.74 Å². The Balaban J connectivity index is 2.20. The fraction of sp³-hybridized carbons (Fsp3) is 0.400. The van der Waals surface area contributed by atoms with E-state index in [1.165, 1.54) is 0 Å². The van der Waals surface area contributed by atoms with Crippen LogP contribution in [0.3, 0.4) is 0 Å². The van der Waals surface area contributed by atoms with Crippen LogP contribution in [0.15, 0.2) is 28.7 Å². The van der Waals surface area contributed by atoms with Crippen LogP contribution in [-0.2, 0) is 19.6 Å². The van der Waals surface area contributed by atoms with Crippen LogP contribution < -0.4 is 4.74 Å². The Hall–Kier alpha value is -1.29. The minimum Gasteiger partial charge on any atom is -0.487 e. The van der Waals surface area contributed by atoms with E-state index in [9.17, 15) is 0 Å². The van der Waals surface area contributed by atoms with Crippen molar-refractivity contribution in [1.29, 1.82) is 0 Å². The summed E-state index contributed by atoms with van der Waals surface area (Å²) in [6.07, 6.45) is 0.922. The van der Waals surface area contributed by atoms with Crippen molar-refractivity contribution in [3.63, 3.8) is 0 Å². The van der Waals surface area contributed by atoms with E-state index in [1.807, 2.05) is 22.9 Å². The first-order chi connectivity index (χ1) is 9.17. The maximum absolute atomic E-state index is 5.91. The summed E-state index contributed by atoms with van der Waals surface area (Å²) in [4.78, 5) is 0. The van der Waals surface area contributed by atoms with Crippen LogP contribution in [-0.4, -0.2) is 9.78 Å². The van der Waals surface area contributed by atoms with Crippen molar-refractivity contribution in [2.75, 3.05) is 0 Å². The number of aryl methyl sites for hydroxylation is 3. The summed E-state index contributed by atoms with van der Waals surface area (Å²) >= 11 is 3.63. The van der Waals surface area contributed by atoms with E-state index in [0.29, 0.717) is 6.61 Å². The summed E-state index contributed by atoms with van der Waals surface area (Å²) in [6, 6.07) is 8.06. The Labute approximate surface area is 122 Å². The molecule has 2 aromatic rings. The summed E-state index contributed by atoms with van der Waals surface area (Å²) in [7, 11) is 0. The van der Waals surface area contributed by atoms with E-state index < -0.39 is 0 Å². The molecule has 0 saturated carbocycles. The van der Waals surface area contributed by atoms with Crippen LogP contribution in [0.5, 0.6) is 5.75 Å². The normalized spacial score (nSPS) is 10.7. The van der Waals surface area contributed by atoms with Crippen molar-refractivity contribution in [1.82, 2.24) is 9.78 Å². The third-order valence-corrected chi connectivity index (χ3v) is 4.07. The molecular formula is C15H19BrN2O. The van der Waals surface area contributed by atoms with Gasteiger partial charge in [-0.25, -0.2) is 0 Å². The van der Waals surface area contributed by atoms with Gasteiger partial charge < -0.3 is 4.74 Å². The summed E-state index contributed by atoms with van der Waals surface area (Å²) in [5, 5.41) is 4.57. The molecule has 0 aliphatic carbocycles. The molecule has 1 aromatic heterocycles. The molecule has 0 spiro atoms. The van der Waals surface area contributed by atoms with Crippen molar-refractivity contribution in [3.05, 3.63) is 45.7 Å². The van der Waals surface area contributed by atoms with Crippen molar-refractivity contribution in [2.24, 2.45) is 0 Å². The molecule has 0 aliphatic rings. The van der Waals surface area contributed by atoms with E-state index in [0.717, 1.165) is 40.1 Å². The number of nitrogens with zero attached hydrogens (tertiary/aromatic N) is 2. The zero-order chi connectivity index (χ0) is 13.8. The molecule has 0 N–H and O–H groups in total. The third kappa shape index (κ3) is 3.00. The molecule has 0 aliphatic heterocycles. The van der Waals surface area contributed by atoms with E-state index in [-0.39, 0.29) is 0 Å². The number of hydrogen-bond acceptors (Lipinski definition) is 2. The predicted molar refractivity (Wildman–Crippen MR) is 80.5 cm³/mol. The molecule has 2 rings (SSSR count). The Bertz CT molecular complexity index is 563. The monoisotopic (exact) mass is 322 g/mol. The number of hydrogen-bond donors (Lipinski definition) is 0. The van der Waals surface area contributed by atoms with Crippen LogP contribution in [0.25, 0.3) is 0 Å². The molecule has 0 saturated heterocycles. The first kappa shape index (κ1) is 14.1. The minimum absolute atomic E-state index is 0.534. The second-order valence-corrected chi connectivity index (χ2v) is 5.22. The topological polar surface area (TPSA) is 27.1 Å². The summed E-state index contributed by atoms with van der Waals surface area (Å²) in [5.41, 5.74) is 3.34. The molecule has 19 heavy (non-hydrogen) atoms. The number of rotatable bonds is 5. The Morgan fingerprint density at radius 2 is 2.00 bits per heavy atom. The molecule has 1 heterocycles. The highest BCUT2D eigenvalue weighted by atomic mass is 79.9. The van der Waals surface area contributed by atoms with Gasteiger partial charge in [0.2, 0.25) is 0 Å². The average Bonchev–Trinajstić information content (AvgIpc) is 2.74. The highest BCUT2D eigenvalue weighted by molar-refractivity contribution is 9.10. The lowest BCUT2D eigenvalue weighted by Gasteiger charge is -2.10. The fourth-order valence-electron chi connectivity index (χ4n) is 2.02. The van der Waals surface area contributed by atoms with Crippen molar-refractivity contribution < 1.29 is 4.74 Å². The molecule has 0 radical (unpaired) electrons. The van der Waals surface area contributed by atoms with Gasteiger partial charge in [-0.1, -0.05) is 25.1 Å². The Kier molecular flexibility index (Phi) is 4.64. The van der Waals surface area contributed by atoms with E-state index in [2.05, 4.69) is 47.9 Å². The largest absolute Gasteiger partial charge is 0.487 e. The first-order valence-electron chi connectivity index (χ1n) is 6.59. The summed E-state index contributed by atoms with van der Waals surface area (Å²) in [5.74, 6) is 0.927. The maximum atomic E-state index is 5.91. The van der Waals surface area contributed by atoms with Crippen LogP contribution >= 0.6 is 15.9 Å². The maximum Gasteiger partial charge on any atom is 0.131 e. The Morgan fingerprint density at radius 1 is 1.26 bits per heavy atom. The number of benzene rings is 1. The van der Waals surface area contributed by atoms with Crippen molar-refractivity contribution in [3.8, 4) is 5.75 Å². The lowest BCUT2D eigenvalue weighted by atomic mass is 10.2. The molecule has 4 heteroatoms. The minimum atomic E-state index is 0.534. The fourth-order valence-corrected chi connectivity index (χ4v) is 2.70. The van der Waals surface area contributed by atoms with Gasteiger partial charge in [0.05, 0.1) is 15.9 Å². The van der Waals surface area contributed by atoms with Gasteiger partial charge in [0.15, 0.2) is 0 Å². The van der Waals surface area contributed by atoms with Gasteiger partial charge in [-0.3, -0.25) is 4.68 Å². The number of para-hydroxylation sites is 1. The van der Waals surface area contributed by atoms with Crippen LogP contribution in [0.4, 0.5) is 0 Å². The third-order valence-electron chi connectivity index (χ3n) is 3.15. The summed E-state index contributed by atoms with van der Waals surface area (Å²) in [6.45, 7) is 7.64. The van der Waals surface area contributed by atoms with E-state index in [1.54, 1.807) is 0 Å². The highest BCUT2D eigenvalue weighted by Gasteiger charge is 2.14. The standard InChI is InChI=1S/C15H19BrN2O/c1-4-12-15(16)13(18(5-2)17-12)10-19-14-9-7-6-8-11(14)3/h6-9H,4-5,10H2,1-3H3. The average molecular weight is 323 g/mol. The van der Waals surface area contributed by atoms with Crippen LogP contribution in [0.2, 0.25) is 0 Å². The second kappa shape index (κ2) is 6.24. The molecule has 102 valence electrons. The lowest BCUT2D eigenvalue weighted by molar-refractivity contribution is 0.290. The van der Waals surface area contributed by atoms with Crippen molar-refractivity contribution >= 4 is 15.9 Å². The number of aromatic nitrogens is 2. The van der Waals surface area contributed by atoms with Gasteiger partial charge >= 0.3 is 0 Å². The zero-order valence-electron chi connectivity index (χ0n) is 11.6. The second-order valence-electron chi connectivity index (χ2n) is 4.43. The first-order valence-corrected chi connectivity index (χ1v) is 7.39. The van der Waals surface area contributed by atoms with Crippen molar-refractivity contribution in [2.45, 2.75) is 40.3 Å². The molecule has 0 fully saturated rings. The molecule has 3 nitrogen and oxygen atoms in total. The van der Waals surface area contributed by atoms with E-state index >= 15 is 0 Å². The van der Waals surface area contributed by atoms with Gasteiger partial charge in [-0.05, 0) is 47.8 Å². The van der Waals surface area contributed by atoms with Gasteiger partial charge in [-0.15, -0.1) is 0 Å². The van der Waals surface area contributed by atoms with Gasteiger partial charge in [0.25, 0.3) is 0 Å². The number of halogens is 1. The van der Waals surface area contributed by atoms with Crippen LogP contribution in [0, 0.1) is 6.92 Å². The number of ether oxygens (including phenoxy) is 1.